The van der Waals surface area contributed by atoms with Gasteiger partial charge in [0.1, 0.15) is 0 Å². The van der Waals surface area contributed by atoms with Crippen molar-refractivity contribution in [2.24, 2.45) is 0 Å². The van der Waals surface area contributed by atoms with Gasteiger partial charge in [-0.2, -0.15) is 0 Å². The molecule has 6 nitrogen and oxygen atoms in total. The summed E-state index contributed by atoms with van der Waals surface area (Å²) in [4.78, 5) is 13.3. The highest BCUT2D eigenvalue weighted by Crippen LogP contribution is 2.34. The number of carbonyl (C=O) groups is 1. The third-order valence-electron chi connectivity index (χ3n) is 3.75. The number of rotatable bonds is 1. The number of fused-ring (bicyclic) bond motifs is 1. The van der Waals surface area contributed by atoms with Crippen molar-refractivity contribution in [3.8, 4) is 0 Å². The lowest BCUT2D eigenvalue weighted by Gasteiger charge is -2.24. The van der Waals surface area contributed by atoms with E-state index >= 15 is 0 Å². The van der Waals surface area contributed by atoms with Gasteiger partial charge in [0.05, 0.1) is 23.6 Å². The Balaban J connectivity index is 1.94. The van der Waals surface area contributed by atoms with Crippen LogP contribution >= 0.6 is 0 Å². The molecule has 0 radical (unpaired) electrons. The van der Waals surface area contributed by atoms with E-state index in [9.17, 15) is 15.0 Å². The van der Waals surface area contributed by atoms with E-state index in [2.05, 4.69) is 5.32 Å². The zero-order chi connectivity index (χ0) is 13.6. The molecule has 3 rings (SSSR count). The first-order chi connectivity index (χ1) is 9.04. The second kappa shape index (κ2) is 4.40. The molecule has 2 heterocycles. The Bertz CT molecular complexity index is 522. The fraction of sp³-hybridized carbons (Fsp3) is 0.462. The predicted molar refractivity (Wildman–Crippen MR) is 72.0 cm³/mol. The molecule has 1 saturated heterocycles. The van der Waals surface area contributed by atoms with E-state index in [4.69, 9.17) is 5.73 Å². The van der Waals surface area contributed by atoms with Gasteiger partial charge in [-0.15, -0.1) is 0 Å². The molecular weight excluding hydrogens is 246 g/mol. The van der Waals surface area contributed by atoms with Crippen LogP contribution in [0.2, 0.25) is 0 Å². The first kappa shape index (κ1) is 12.3. The molecule has 0 bridgehead atoms. The Hall–Kier alpha value is -1.79. The number of nitrogens with two attached hydrogens (primary N) is 1. The van der Waals surface area contributed by atoms with Crippen molar-refractivity contribution in [1.82, 2.24) is 0 Å². The standard InChI is InChI=1S/C13H17N3O3/c14-8-3-7-1-2-13(19)15-9(7)4-10(8)16-5-11(17)12(18)6-16/h3-4,11-12,17-18H,1-2,5-6,14H2,(H,15,19). The fourth-order valence-electron chi connectivity index (χ4n) is 2.68. The maximum atomic E-state index is 11.4. The zero-order valence-electron chi connectivity index (χ0n) is 10.5. The van der Waals surface area contributed by atoms with E-state index in [-0.39, 0.29) is 5.91 Å². The third kappa shape index (κ3) is 2.13. The van der Waals surface area contributed by atoms with E-state index in [1.165, 1.54) is 0 Å². The monoisotopic (exact) mass is 263 g/mol. The molecule has 19 heavy (non-hydrogen) atoms. The summed E-state index contributed by atoms with van der Waals surface area (Å²) in [5.41, 5.74) is 9.19. The SMILES string of the molecule is Nc1cc2c(cc1N1CC(O)C(O)C1)NC(=O)CC2. The number of aliphatic hydroxyl groups excluding tert-OH is 2. The van der Waals surface area contributed by atoms with Gasteiger partial charge in [-0.1, -0.05) is 0 Å². The number of aryl methyl sites for hydroxylation is 1. The van der Waals surface area contributed by atoms with Crippen molar-refractivity contribution in [2.45, 2.75) is 25.0 Å². The Morgan fingerprint density at radius 1 is 1.21 bits per heavy atom. The van der Waals surface area contributed by atoms with Crippen LogP contribution < -0.4 is 16.0 Å². The molecule has 2 aliphatic rings. The number of hydrogen-bond acceptors (Lipinski definition) is 5. The van der Waals surface area contributed by atoms with Gasteiger partial charge in [-0.3, -0.25) is 4.79 Å². The zero-order valence-corrected chi connectivity index (χ0v) is 10.5. The van der Waals surface area contributed by atoms with Crippen molar-refractivity contribution >= 4 is 23.0 Å². The average molecular weight is 263 g/mol. The van der Waals surface area contributed by atoms with E-state index in [1.54, 1.807) is 0 Å². The topological polar surface area (TPSA) is 98.8 Å². The number of amides is 1. The van der Waals surface area contributed by atoms with E-state index in [1.807, 2.05) is 17.0 Å². The molecule has 102 valence electrons. The lowest BCUT2D eigenvalue weighted by molar-refractivity contribution is -0.116. The molecule has 1 fully saturated rings. The summed E-state index contributed by atoms with van der Waals surface area (Å²) < 4.78 is 0. The van der Waals surface area contributed by atoms with E-state index in [0.29, 0.717) is 31.6 Å². The van der Waals surface area contributed by atoms with Crippen molar-refractivity contribution in [3.63, 3.8) is 0 Å². The van der Waals surface area contributed by atoms with Crippen LogP contribution in [-0.4, -0.2) is 41.4 Å². The average Bonchev–Trinajstić information content (AvgIpc) is 2.69. The normalized spacial score (nSPS) is 26.2. The summed E-state index contributed by atoms with van der Waals surface area (Å²) >= 11 is 0. The number of nitrogens with zero attached hydrogens (tertiary/aromatic N) is 1. The van der Waals surface area contributed by atoms with Crippen LogP contribution in [0.15, 0.2) is 12.1 Å². The van der Waals surface area contributed by atoms with Gasteiger partial charge < -0.3 is 26.2 Å². The van der Waals surface area contributed by atoms with Gasteiger partial charge in [0, 0.05) is 25.2 Å². The molecule has 0 spiro atoms. The Labute approximate surface area is 110 Å². The Kier molecular flexibility index (Phi) is 2.83. The van der Waals surface area contributed by atoms with Crippen LogP contribution in [0, 0.1) is 0 Å². The van der Waals surface area contributed by atoms with Gasteiger partial charge in [-0.25, -0.2) is 0 Å². The summed E-state index contributed by atoms with van der Waals surface area (Å²) in [5.74, 6) is 0.00436. The highest BCUT2D eigenvalue weighted by molar-refractivity contribution is 5.95. The number of benzene rings is 1. The number of carbonyl (C=O) groups excluding carboxylic acids is 1. The molecule has 0 aliphatic carbocycles. The first-order valence-electron chi connectivity index (χ1n) is 6.38. The summed E-state index contributed by atoms with van der Waals surface area (Å²) in [6.45, 7) is 0.691. The highest BCUT2D eigenvalue weighted by atomic mass is 16.3. The second-order valence-electron chi connectivity index (χ2n) is 5.16. The van der Waals surface area contributed by atoms with Gasteiger partial charge >= 0.3 is 0 Å². The van der Waals surface area contributed by atoms with Crippen LogP contribution in [0.4, 0.5) is 17.1 Å². The Morgan fingerprint density at radius 3 is 2.58 bits per heavy atom. The maximum absolute atomic E-state index is 11.4. The highest BCUT2D eigenvalue weighted by Gasteiger charge is 2.31. The lowest BCUT2D eigenvalue weighted by Crippen LogP contribution is -2.24. The molecule has 6 heteroatoms. The van der Waals surface area contributed by atoms with Crippen molar-refractivity contribution < 1.29 is 15.0 Å². The van der Waals surface area contributed by atoms with Gasteiger partial charge in [0.2, 0.25) is 5.91 Å². The van der Waals surface area contributed by atoms with Crippen molar-refractivity contribution in [1.29, 1.82) is 0 Å². The van der Waals surface area contributed by atoms with Crippen LogP contribution in [-0.2, 0) is 11.2 Å². The van der Waals surface area contributed by atoms with Crippen LogP contribution in [0.25, 0.3) is 0 Å². The molecule has 1 amide bonds. The van der Waals surface area contributed by atoms with E-state index < -0.39 is 12.2 Å². The molecule has 0 aromatic heterocycles. The number of aliphatic hydroxyl groups is 2. The minimum atomic E-state index is -0.759. The minimum Gasteiger partial charge on any atom is -0.397 e. The molecule has 5 N–H and O–H groups in total. The molecule has 1 aromatic rings. The predicted octanol–water partition coefficient (Wildman–Crippen LogP) is -0.305. The smallest absolute Gasteiger partial charge is 0.224 e. The van der Waals surface area contributed by atoms with Crippen molar-refractivity contribution in [2.75, 3.05) is 29.0 Å². The molecule has 0 saturated carbocycles. The van der Waals surface area contributed by atoms with E-state index in [0.717, 1.165) is 16.9 Å². The van der Waals surface area contributed by atoms with Gasteiger partial charge in [0.15, 0.2) is 0 Å². The number of nitrogen functional groups attached to an aromatic ring is 1. The number of hydrogen-bond donors (Lipinski definition) is 4. The van der Waals surface area contributed by atoms with Gasteiger partial charge in [-0.05, 0) is 24.1 Å². The summed E-state index contributed by atoms with van der Waals surface area (Å²) in [5, 5.41) is 22.0. The number of anilines is 3. The molecule has 2 atom stereocenters. The molecule has 1 aromatic carbocycles. The van der Waals surface area contributed by atoms with Crippen LogP contribution in [0.1, 0.15) is 12.0 Å². The second-order valence-corrected chi connectivity index (χ2v) is 5.16. The third-order valence-corrected chi connectivity index (χ3v) is 3.75. The summed E-state index contributed by atoms with van der Waals surface area (Å²) in [7, 11) is 0. The Morgan fingerprint density at radius 2 is 1.89 bits per heavy atom. The summed E-state index contributed by atoms with van der Waals surface area (Å²) in [6.07, 6.45) is -0.348. The summed E-state index contributed by atoms with van der Waals surface area (Å²) in [6, 6.07) is 3.69. The maximum Gasteiger partial charge on any atom is 0.224 e. The van der Waals surface area contributed by atoms with Crippen LogP contribution in [0.5, 0.6) is 0 Å². The first-order valence-corrected chi connectivity index (χ1v) is 6.38. The fourth-order valence-corrected chi connectivity index (χ4v) is 2.68. The lowest BCUT2D eigenvalue weighted by atomic mass is 10.0. The number of β-amino-alcohol motifs (C(OH)–C–C–N with tert-alkyl or cyclic N) is 2. The molecular formula is C13H17N3O3. The van der Waals surface area contributed by atoms with Gasteiger partial charge in [0.25, 0.3) is 0 Å². The largest absolute Gasteiger partial charge is 0.397 e. The van der Waals surface area contributed by atoms with Crippen LogP contribution in [0.3, 0.4) is 0 Å². The number of nitrogens with one attached hydrogen (secondary N) is 1. The molecule has 2 unspecified atom stereocenters. The minimum absolute atomic E-state index is 0.00436. The van der Waals surface area contributed by atoms with Crippen molar-refractivity contribution in [3.05, 3.63) is 17.7 Å². The quantitative estimate of drug-likeness (QED) is 0.521. The molecule has 2 aliphatic heterocycles.